The van der Waals surface area contributed by atoms with E-state index in [1.807, 2.05) is 17.0 Å². The molecule has 2 aliphatic rings. The van der Waals surface area contributed by atoms with E-state index in [4.69, 9.17) is 9.72 Å². The molecule has 6 heteroatoms. The van der Waals surface area contributed by atoms with Crippen molar-refractivity contribution in [3.63, 3.8) is 0 Å². The first-order valence-electron chi connectivity index (χ1n) is 9.15. The van der Waals surface area contributed by atoms with Gasteiger partial charge in [-0.15, -0.1) is 0 Å². The molecular formula is C19H26N4O2. The number of likely N-dealkylation sites (tertiary alicyclic amines) is 2. The summed E-state index contributed by atoms with van der Waals surface area (Å²) in [5.74, 6) is 0.261. The fourth-order valence-corrected chi connectivity index (χ4v) is 4.10. The predicted octanol–water partition coefficient (Wildman–Crippen LogP) is 1.85. The number of aromatic nitrogens is 2. The molecule has 0 saturated carbocycles. The molecule has 0 unspecified atom stereocenters. The van der Waals surface area contributed by atoms with Crippen molar-refractivity contribution in [2.24, 2.45) is 0 Å². The van der Waals surface area contributed by atoms with Crippen molar-refractivity contribution in [1.29, 1.82) is 0 Å². The van der Waals surface area contributed by atoms with E-state index in [1.54, 1.807) is 7.11 Å². The number of aryl methyl sites for hydroxylation is 1. The summed E-state index contributed by atoms with van der Waals surface area (Å²) in [5, 5.41) is 0. The van der Waals surface area contributed by atoms with Crippen LogP contribution in [0.5, 0.6) is 0 Å². The van der Waals surface area contributed by atoms with Crippen molar-refractivity contribution < 1.29 is 9.53 Å². The normalized spacial score (nSPS) is 24.5. The standard InChI is InChI=1S/C19H26N4O2/c1-14-6-5-7-18-20-15(12-23(14)18)11-22-13-16(25-2)10-17(22)19(24)21-8-3-4-9-21/h5-7,12,16-17H,3-4,8-11,13H2,1-2H3/t16-,17-/m0/s1. The maximum absolute atomic E-state index is 12.9. The summed E-state index contributed by atoms with van der Waals surface area (Å²) in [5.41, 5.74) is 3.13. The van der Waals surface area contributed by atoms with E-state index in [0.717, 1.165) is 55.9 Å². The van der Waals surface area contributed by atoms with Gasteiger partial charge in [-0.05, 0) is 38.3 Å². The minimum atomic E-state index is -0.0889. The summed E-state index contributed by atoms with van der Waals surface area (Å²) < 4.78 is 7.67. The largest absolute Gasteiger partial charge is 0.380 e. The summed E-state index contributed by atoms with van der Waals surface area (Å²) in [6.07, 6.45) is 5.23. The summed E-state index contributed by atoms with van der Waals surface area (Å²) in [7, 11) is 1.74. The van der Waals surface area contributed by atoms with Crippen LogP contribution < -0.4 is 0 Å². The molecule has 6 nitrogen and oxygen atoms in total. The summed E-state index contributed by atoms with van der Waals surface area (Å²) in [6.45, 7) is 5.34. The molecular weight excluding hydrogens is 316 g/mol. The molecule has 2 atom stereocenters. The molecule has 0 spiro atoms. The molecule has 0 aromatic carbocycles. The minimum Gasteiger partial charge on any atom is -0.380 e. The second-order valence-corrected chi connectivity index (χ2v) is 7.20. The monoisotopic (exact) mass is 342 g/mol. The first kappa shape index (κ1) is 16.5. The molecule has 0 N–H and O–H groups in total. The number of rotatable bonds is 4. The fourth-order valence-electron chi connectivity index (χ4n) is 4.10. The zero-order valence-corrected chi connectivity index (χ0v) is 15.0. The van der Waals surface area contributed by atoms with Gasteiger partial charge in [-0.25, -0.2) is 4.98 Å². The molecule has 2 aromatic rings. The van der Waals surface area contributed by atoms with Crippen LogP contribution in [-0.4, -0.2) is 64.0 Å². The Morgan fingerprint density at radius 2 is 2.12 bits per heavy atom. The van der Waals surface area contributed by atoms with E-state index in [-0.39, 0.29) is 18.1 Å². The van der Waals surface area contributed by atoms with Gasteiger partial charge in [0, 0.05) is 45.2 Å². The third-order valence-corrected chi connectivity index (χ3v) is 5.51. The Morgan fingerprint density at radius 1 is 1.32 bits per heavy atom. The highest BCUT2D eigenvalue weighted by atomic mass is 16.5. The Bertz CT molecular complexity index is 766. The molecule has 25 heavy (non-hydrogen) atoms. The highest BCUT2D eigenvalue weighted by Gasteiger charge is 2.39. The van der Waals surface area contributed by atoms with Crippen molar-refractivity contribution in [2.45, 2.75) is 44.9 Å². The second kappa shape index (κ2) is 6.77. The van der Waals surface area contributed by atoms with Crippen LogP contribution in [0.15, 0.2) is 24.4 Å². The lowest BCUT2D eigenvalue weighted by atomic mass is 10.1. The molecule has 1 amide bonds. The van der Waals surface area contributed by atoms with Crippen LogP contribution in [0.1, 0.15) is 30.7 Å². The molecule has 2 fully saturated rings. The molecule has 2 aromatic heterocycles. The zero-order valence-electron chi connectivity index (χ0n) is 15.0. The highest BCUT2D eigenvalue weighted by molar-refractivity contribution is 5.82. The van der Waals surface area contributed by atoms with Gasteiger partial charge in [-0.3, -0.25) is 9.69 Å². The number of methoxy groups -OCH3 is 1. The zero-order chi connectivity index (χ0) is 17.4. The maximum Gasteiger partial charge on any atom is 0.240 e. The molecule has 134 valence electrons. The molecule has 2 saturated heterocycles. The molecule has 2 aliphatic heterocycles. The van der Waals surface area contributed by atoms with Crippen molar-refractivity contribution >= 4 is 11.6 Å². The number of nitrogens with zero attached hydrogens (tertiary/aromatic N) is 4. The summed E-state index contributed by atoms with van der Waals surface area (Å²) in [6, 6.07) is 6.03. The van der Waals surface area contributed by atoms with E-state index < -0.39 is 0 Å². The first-order valence-corrected chi connectivity index (χ1v) is 9.15. The third kappa shape index (κ3) is 3.16. The summed E-state index contributed by atoms with van der Waals surface area (Å²) >= 11 is 0. The van der Waals surface area contributed by atoms with E-state index in [0.29, 0.717) is 6.54 Å². The van der Waals surface area contributed by atoms with Crippen LogP contribution >= 0.6 is 0 Å². The number of carbonyl (C=O) groups is 1. The Hall–Kier alpha value is -1.92. The fraction of sp³-hybridized carbons (Fsp3) is 0.579. The van der Waals surface area contributed by atoms with Crippen molar-refractivity contribution in [3.05, 3.63) is 35.8 Å². The molecule has 4 rings (SSSR count). The van der Waals surface area contributed by atoms with Gasteiger partial charge in [0.2, 0.25) is 5.91 Å². The van der Waals surface area contributed by atoms with Gasteiger partial charge in [0.05, 0.1) is 17.8 Å². The Morgan fingerprint density at radius 3 is 2.84 bits per heavy atom. The van der Waals surface area contributed by atoms with Crippen molar-refractivity contribution in [2.75, 3.05) is 26.7 Å². The predicted molar refractivity (Wildman–Crippen MR) is 95.4 cm³/mol. The topological polar surface area (TPSA) is 50.1 Å². The lowest BCUT2D eigenvalue weighted by Gasteiger charge is -2.26. The Balaban J connectivity index is 1.55. The van der Waals surface area contributed by atoms with Gasteiger partial charge >= 0.3 is 0 Å². The number of hydrogen-bond donors (Lipinski definition) is 0. The number of carbonyl (C=O) groups excluding carboxylic acids is 1. The average Bonchev–Trinajstić information content (AvgIpc) is 3.34. The number of fused-ring (bicyclic) bond motifs is 1. The third-order valence-electron chi connectivity index (χ3n) is 5.51. The molecule has 4 heterocycles. The second-order valence-electron chi connectivity index (χ2n) is 7.20. The lowest BCUT2D eigenvalue weighted by Crippen LogP contribution is -2.44. The van der Waals surface area contributed by atoms with Crippen molar-refractivity contribution in [1.82, 2.24) is 19.2 Å². The number of hydrogen-bond acceptors (Lipinski definition) is 4. The smallest absolute Gasteiger partial charge is 0.240 e. The van der Waals surface area contributed by atoms with Gasteiger partial charge in [0.25, 0.3) is 0 Å². The summed E-state index contributed by atoms with van der Waals surface area (Å²) in [4.78, 5) is 21.9. The lowest BCUT2D eigenvalue weighted by molar-refractivity contribution is -0.135. The number of pyridine rings is 1. The quantitative estimate of drug-likeness (QED) is 0.851. The van der Waals surface area contributed by atoms with Crippen LogP contribution in [0.4, 0.5) is 0 Å². The van der Waals surface area contributed by atoms with Gasteiger partial charge < -0.3 is 14.0 Å². The van der Waals surface area contributed by atoms with E-state index in [9.17, 15) is 4.79 Å². The SMILES string of the molecule is CO[C@H]1C[C@@H](C(=O)N2CCCC2)N(Cc2cn3c(C)cccc3n2)C1. The van der Waals surface area contributed by atoms with E-state index in [1.165, 1.54) is 0 Å². The van der Waals surface area contributed by atoms with Gasteiger partial charge in [0.15, 0.2) is 0 Å². The number of ether oxygens (including phenoxy) is 1. The van der Waals surface area contributed by atoms with Crippen LogP contribution in [-0.2, 0) is 16.1 Å². The van der Waals surface area contributed by atoms with Crippen LogP contribution in [0, 0.1) is 6.92 Å². The number of amides is 1. The highest BCUT2D eigenvalue weighted by Crippen LogP contribution is 2.25. The maximum atomic E-state index is 12.9. The Kier molecular flexibility index (Phi) is 4.48. The molecule has 0 bridgehead atoms. The molecule has 0 radical (unpaired) electrons. The Labute approximate surface area is 148 Å². The van der Waals surface area contributed by atoms with Crippen LogP contribution in [0.25, 0.3) is 5.65 Å². The van der Waals surface area contributed by atoms with Gasteiger partial charge in [0.1, 0.15) is 5.65 Å². The average molecular weight is 342 g/mol. The first-order chi connectivity index (χ1) is 12.2. The van der Waals surface area contributed by atoms with E-state index >= 15 is 0 Å². The van der Waals surface area contributed by atoms with Gasteiger partial charge in [-0.1, -0.05) is 6.07 Å². The minimum absolute atomic E-state index is 0.0889. The molecule has 0 aliphatic carbocycles. The van der Waals surface area contributed by atoms with E-state index in [2.05, 4.69) is 28.5 Å². The van der Waals surface area contributed by atoms with Gasteiger partial charge in [-0.2, -0.15) is 0 Å². The number of imidazole rings is 1. The van der Waals surface area contributed by atoms with Crippen molar-refractivity contribution in [3.8, 4) is 0 Å². The van der Waals surface area contributed by atoms with Crippen LogP contribution in [0.3, 0.4) is 0 Å². The van der Waals surface area contributed by atoms with Crippen LogP contribution in [0.2, 0.25) is 0 Å².